The number of fused-ring (bicyclic) bond motifs is 1. The standard InChI is InChI=1S/C8H7NO.Na.H/c10-8-5-6-3-1-2-4-7(6)9-8;;/h1-4H,5H2,(H,9,10);;/q;+1;-1. The van der Waals surface area contributed by atoms with E-state index in [0.717, 1.165) is 11.3 Å². The number of benzene rings is 1. The van der Waals surface area contributed by atoms with Gasteiger partial charge in [0, 0.05) is 5.69 Å². The van der Waals surface area contributed by atoms with E-state index in [1.807, 2.05) is 24.3 Å². The Morgan fingerprint density at radius 2 is 2.09 bits per heavy atom. The second-order valence-electron chi connectivity index (χ2n) is 2.38. The van der Waals surface area contributed by atoms with Crippen LogP contribution in [0.3, 0.4) is 0 Å². The molecule has 0 saturated carbocycles. The Balaban J connectivity index is 0.000000605. The summed E-state index contributed by atoms with van der Waals surface area (Å²) in [5, 5.41) is 2.76. The van der Waals surface area contributed by atoms with Crippen LogP contribution < -0.4 is 34.9 Å². The summed E-state index contributed by atoms with van der Waals surface area (Å²) in [5.74, 6) is 0.0983. The number of carbonyl (C=O) groups excluding carboxylic acids is 1. The van der Waals surface area contributed by atoms with Crippen LogP contribution in [-0.4, -0.2) is 5.91 Å². The van der Waals surface area contributed by atoms with Crippen molar-refractivity contribution >= 4 is 11.6 Å². The zero-order valence-electron chi connectivity index (χ0n) is 7.42. The number of hydrogen-bond acceptors (Lipinski definition) is 1. The molecular weight excluding hydrogens is 149 g/mol. The van der Waals surface area contributed by atoms with Crippen molar-refractivity contribution in [3.05, 3.63) is 29.8 Å². The molecule has 2 rings (SSSR count). The van der Waals surface area contributed by atoms with Crippen LogP contribution in [-0.2, 0) is 11.2 Å². The smallest absolute Gasteiger partial charge is 1.00 e. The van der Waals surface area contributed by atoms with Crippen molar-refractivity contribution in [2.24, 2.45) is 0 Å². The molecule has 1 heterocycles. The van der Waals surface area contributed by atoms with Crippen LogP contribution in [0.5, 0.6) is 0 Å². The van der Waals surface area contributed by atoms with E-state index in [1.165, 1.54) is 0 Å². The summed E-state index contributed by atoms with van der Waals surface area (Å²) in [6.45, 7) is 0. The van der Waals surface area contributed by atoms with Crippen LogP contribution in [0.4, 0.5) is 5.69 Å². The molecule has 0 bridgehead atoms. The van der Waals surface area contributed by atoms with E-state index in [1.54, 1.807) is 0 Å². The number of nitrogens with one attached hydrogen (secondary N) is 1. The van der Waals surface area contributed by atoms with Crippen LogP contribution in [0.1, 0.15) is 6.99 Å². The van der Waals surface area contributed by atoms with Gasteiger partial charge in [0.05, 0.1) is 6.42 Å². The topological polar surface area (TPSA) is 29.1 Å². The van der Waals surface area contributed by atoms with E-state index < -0.39 is 0 Å². The van der Waals surface area contributed by atoms with Crippen molar-refractivity contribution in [2.45, 2.75) is 6.42 Å². The van der Waals surface area contributed by atoms with Crippen molar-refractivity contribution in [3.8, 4) is 0 Å². The van der Waals surface area contributed by atoms with E-state index in [9.17, 15) is 4.79 Å². The third kappa shape index (κ3) is 1.64. The Hall–Kier alpha value is -0.310. The first-order chi connectivity index (χ1) is 4.86. The number of amides is 1. The molecule has 0 radical (unpaired) electrons. The molecule has 1 aromatic carbocycles. The Morgan fingerprint density at radius 3 is 2.82 bits per heavy atom. The average molecular weight is 157 g/mol. The molecule has 0 saturated heterocycles. The molecule has 1 aliphatic rings. The Labute approximate surface area is 88.8 Å². The fourth-order valence-corrected chi connectivity index (χ4v) is 1.16. The van der Waals surface area contributed by atoms with Gasteiger partial charge in [0.15, 0.2) is 0 Å². The first-order valence-electron chi connectivity index (χ1n) is 3.24. The predicted molar refractivity (Wildman–Crippen MR) is 39.9 cm³/mol. The van der Waals surface area contributed by atoms with Gasteiger partial charge in [-0.2, -0.15) is 0 Å². The van der Waals surface area contributed by atoms with Gasteiger partial charge in [-0.1, -0.05) is 18.2 Å². The van der Waals surface area contributed by atoms with E-state index in [4.69, 9.17) is 0 Å². The van der Waals surface area contributed by atoms with Crippen molar-refractivity contribution in [1.29, 1.82) is 0 Å². The van der Waals surface area contributed by atoms with Crippen LogP contribution >= 0.6 is 0 Å². The molecule has 3 heteroatoms. The van der Waals surface area contributed by atoms with Crippen LogP contribution in [0, 0.1) is 0 Å². The van der Waals surface area contributed by atoms with E-state index in [0.29, 0.717) is 6.42 Å². The van der Waals surface area contributed by atoms with Crippen LogP contribution in [0.2, 0.25) is 0 Å². The number of carbonyl (C=O) groups is 1. The molecule has 0 aromatic heterocycles. The van der Waals surface area contributed by atoms with Crippen LogP contribution in [0.25, 0.3) is 0 Å². The minimum Gasteiger partial charge on any atom is -1.00 e. The van der Waals surface area contributed by atoms with Gasteiger partial charge in [0.1, 0.15) is 0 Å². The molecule has 1 aromatic rings. The molecule has 0 spiro atoms. The molecule has 2 nitrogen and oxygen atoms in total. The molecule has 0 fully saturated rings. The third-order valence-corrected chi connectivity index (χ3v) is 1.64. The Kier molecular flexibility index (Phi) is 2.71. The summed E-state index contributed by atoms with van der Waals surface area (Å²) in [6.07, 6.45) is 0.538. The van der Waals surface area contributed by atoms with Gasteiger partial charge in [-0.05, 0) is 11.6 Å². The monoisotopic (exact) mass is 157 g/mol. The van der Waals surface area contributed by atoms with Gasteiger partial charge in [-0.25, -0.2) is 0 Å². The maximum absolute atomic E-state index is 10.8. The number of para-hydroxylation sites is 1. The average Bonchev–Trinajstić information content (AvgIpc) is 2.27. The summed E-state index contributed by atoms with van der Waals surface area (Å²) < 4.78 is 0. The molecule has 0 unspecified atom stereocenters. The predicted octanol–water partition coefficient (Wildman–Crippen LogP) is -1.70. The molecule has 0 aliphatic carbocycles. The number of hydrogen-bond donors (Lipinski definition) is 1. The van der Waals surface area contributed by atoms with Gasteiger partial charge in [-0.3, -0.25) is 4.79 Å². The fraction of sp³-hybridized carbons (Fsp3) is 0.125. The van der Waals surface area contributed by atoms with E-state index >= 15 is 0 Å². The molecule has 52 valence electrons. The maximum Gasteiger partial charge on any atom is 1.00 e. The summed E-state index contributed by atoms with van der Waals surface area (Å²) in [4.78, 5) is 10.8. The maximum atomic E-state index is 10.8. The molecular formula is C8H8NNaO. The molecule has 1 amide bonds. The largest absolute Gasteiger partial charge is 1.00 e. The third-order valence-electron chi connectivity index (χ3n) is 1.64. The second-order valence-corrected chi connectivity index (χ2v) is 2.38. The minimum atomic E-state index is 0. The zero-order chi connectivity index (χ0) is 6.97. The number of rotatable bonds is 0. The normalized spacial score (nSPS) is 13.3. The summed E-state index contributed by atoms with van der Waals surface area (Å²) in [5.41, 5.74) is 2.07. The van der Waals surface area contributed by atoms with E-state index in [2.05, 4.69) is 5.32 Å². The minimum absolute atomic E-state index is 0. The zero-order valence-corrected chi connectivity index (χ0v) is 8.42. The SMILES string of the molecule is O=C1Cc2ccccc2N1.[H-].[Na+]. The quantitative estimate of drug-likeness (QED) is 0.447. The molecule has 1 N–H and O–H groups in total. The fourth-order valence-electron chi connectivity index (χ4n) is 1.16. The van der Waals surface area contributed by atoms with Crippen LogP contribution in [0.15, 0.2) is 24.3 Å². The Bertz CT molecular complexity index is 263. The van der Waals surface area contributed by atoms with E-state index in [-0.39, 0.29) is 36.9 Å². The van der Waals surface area contributed by atoms with Gasteiger partial charge >= 0.3 is 29.6 Å². The van der Waals surface area contributed by atoms with Crippen molar-refractivity contribution in [1.82, 2.24) is 0 Å². The summed E-state index contributed by atoms with van der Waals surface area (Å²) in [6, 6.07) is 7.75. The first kappa shape index (κ1) is 8.78. The number of anilines is 1. The van der Waals surface area contributed by atoms with Crippen molar-refractivity contribution in [2.75, 3.05) is 5.32 Å². The summed E-state index contributed by atoms with van der Waals surface area (Å²) in [7, 11) is 0. The van der Waals surface area contributed by atoms with Crippen molar-refractivity contribution < 1.29 is 35.8 Å². The Morgan fingerprint density at radius 1 is 1.36 bits per heavy atom. The van der Waals surface area contributed by atoms with Gasteiger partial charge in [0.25, 0.3) is 0 Å². The van der Waals surface area contributed by atoms with Gasteiger partial charge in [0.2, 0.25) is 5.91 Å². The molecule has 11 heavy (non-hydrogen) atoms. The first-order valence-corrected chi connectivity index (χ1v) is 3.24. The molecule has 0 atom stereocenters. The van der Waals surface area contributed by atoms with Gasteiger partial charge in [-0.15, -0.1) is 0 Å². The van der Waals surface area contributed by atoms with Crippen molar-refractivity contribution in [3.63, 3.8) is 0 Å². The molecule has 1 aliphatic heterocycles. The van der Waals surface area contributed by atoms with Gasteiger partial charge < -0.3 is 6.74 Å². The summed E-state index contributed by atoms with van der Waals surface area (Å²) >= 11 is 0. The second kappa shape index (κ2) is 3.39.